The minimum Gasteiger partial charge on any atom is -0.265 e. The number of aromatic nitrogens is 1. The van der Waals surface area contributed by atoms with Crippen LogP contribution in [0, 0.1) is 5.82 Å². The molecule has 22 heavy (non-hydrogen) atoms. The molecule has 3 aromatic rings. The van der Waals surface area contributed by atoms with E-state index in [1.165, 1.54) is 12.1 Å². The molecule has 0 bridgehead atoms. The van der Waals surface area contributed by atoms with Gasteiger partial charge in [0.1, 0.15) is 5.82 Å². The first-order chi connectivity index (χ1) is 10.7. The first-order valence-electron chi connectivity index (χ1n) is 6.85. The van der Waals surface area contributed by atoms with Gasteiger partial charge < -0.3 is 0 Å². The van der Waals surface area contributed by atoms with E-state index in [9.17, 15) is 4.39 Å². The largest absolute Gasteiger partial charge is 0.265 e. The van der Waals surface area contributed by atoms with Gasteiger partial charge in [0, 0.05) is 16.9 Å². The molecule has 0 unspecified atom stereocenters. The van der Waals surface area contributed by atoms with Gasteiger partial charge in [-0.2, -0.15) is 0 Å². The first-order valence-corrected chi connectivity index (χ1v) is 7.65. The Bertz CT molecular complexity index is 795. The lowest BCUT2D eigenvalue weighted by Crippen LogP contribution is -1.84. The fourth-order valence-corrected chi connectivity index (χ4v) is 2.45. The molecule has 0 radical (unpaired) electrons. The molecule has 1 nitrogen and oxygen atoms in total. The molecule has 108 valence electrons. The van der Waals surface area contributed by atoms with E-state index in [-0.39, 0.29) is 5.82 Å². The number of halogens is 2. The van der Waals surface area contributed by atoms with Crippen molar-refractivity contribution in [3.8, 4) is 11.1 Å². The summed E-state index contributed by atoms with van der Waals surface area (Å²) >= 11 is 3.41. The average molecular weight is 354 g/mol. The van der Waals surface area contributed by atoms with Crippen molar-refractivity contribution < 1.29 is 4.39 Å². The van der Waals surface area contributed by atoms with Gasteiger partial charge in [-0.1, -0.05) is 40.2 Å². The second-order valence-electron chi connectivity index (χ2n) is 4.89. The monoisotopic (exact) mass is 353 g/mol. The second kappa shape index (κ2) is 6.67. The van der Waals surface area contributed by atoms with Crippen molar-refractivity contribution >= 4 is 28.1 Å². The molecule has 0 saturated carbocycles. The minimum atomic E-state index is -0.246. The predicted molar refractivity (Wildman–Crippen MR) is 92.7 cm³/mol. The number of pyridine rings is 1. The minimum absolute atomic E-state index is 0.246. The smallest absolute Gasteiger partial charge is 0.124 e. The number of rotatable bonds is 3. The first kappa shape index (κ1) is 14.7. The Hall–Kier alpha value is -2.26. The van der Waals surface area contributed by atoms with E-state index in [0.29, 0.717) is 0 Å². The summed E-state index contributed by atoms with van der Waals surface area (Å²) < 4.78 is 14.9. The van der Waals surface area contributed by atoms with E-state index < -0.39 is 0 Å². The Morgan fingerprint density at radius 3 is 2.18 bits per heavy atom. The van der Waals surface area contributed by atoms with E-state index >= 15 is 0 Å². The third kappa shape index (κ3) is 3.68. The SMILES string of the molecule is Fc1cc(C=Cc2ccc(Br)cc2)cc(-c2ccncc2)c1. The van der Waals surface area contributed by atoms with Crippen molar-refractivity contribution in [1.29, 1.82) is 0 Å². The molecule has 0 N–H and O–H groups in total. The maximum Gasteiger partial charge on any atom is 0.124 e. The van der Waals surface area contributed by atoms with Gasteiger partial charge in [-0.25, -0.2) is 4.39 Å². The van der Waals surface area contributed by atoms with Crippen LogP contribution in [0.4, 0.5) is 4.39 Å². The Labute approximate surface area is 137 Å². The summed E-state index contributed by atoms with van der Waals surface area (Å²) in [7, 11) is 0. The van der Waals surface area contributed by atoms with Crippen LogP contribution in [-0.4, -0.2) is 4.98 Å². The molecule has 0 aliphatic carbocycles. The zero-order valence-electron chi connectivity index (χ0n) is 11.7. The molecular weight excluding hydrogens is 341 g/mol. The molecular formula is C19H13BrFN. The van der Waals surface area contributed by atoms with Crippen LogP contribution >= 0.6 is 15.9 Å². The molecule has 0 spiro atoms. The summed E-state index contributed by atoms with van der Waals surface area (Å²) in [5.74, 6) is -0.246. The quantitative estimate of drug-likeness (QED) is 0.540. The van der Waals surface area contributed by atoms with E-state index in [2.05, 4.69) is 20.9 Å². The van der Waals surface area contributed by atoms with Gasteiger partial charge in [0.25, 0.3) is 0 Å². The standard InChI is InChI=1S/C19H13BrFN/c20-18-5-3-14(4-6-18)1-2-15-11-17(13-19(21)12-15)16-7-9-22-10-8-16/h1-13H. The van der Waals surface area contributed by atoms with E-state index in [4.69, 9.17) is 0 Å². The summed E-state index contributed by atoms with van der Waals surface area (Å²) in [6.45, 7) is 0. The van der Waals surface area contributed by atoms with Crippen LogP contribution in [0.15, 0.2) is 71.5 Å². The average Bonchev–Trinajstić information content (AvgIpc) is 2.55. The van der Waals surface area contributed by atoms with Crippen LogP contribution in [0.1, 0.15) is 11.1 Å². The molecule has 0 aliphatic heterocycles. The maximum absolute atomic E-state index is 13.8. The molecule has 0 saturated heterocycles. The van der Waals surface area contributed by atoms with Gasteiger partial charge in [0.05, 0.1) is 0 Å². The lowest BCUT2D eigenvalue weighted by Gasteiger charge is -2.04. The van der Waals surface area contributed by atoms with E-state index in [0.717, 1.165) is 26.7 Å². The third-order valence-electron chi connectivity index (χ3n) is 3.27. The van der Waals surface area contributed by atoms with Gasteiger partial charge in [0.15, 0.2) is 0 Å². The highest BCUT2D eigenvalue weighted by molar-refractivity contribution is 9.10. The molecule has 1 heterocycles. The van der Waals surface area contributed by atoms with Crippen LogP contribution in [0.5, 0.6) is 0 Å². The number of benzene rings is 2. The van der Waals surface area contributed by atoms with Crippen molar-refractivity contribution in [2.45, 2.75) is 0 Å². The molecule has 0 atom stereocenters. The van der Waals surface area contributed by atoms with Crippen LogP contribution in [0.25, 0.3) is 23.3 Å². The van der Waals surface area contributed by atoms with Crippen LogP contribution in [-0.2, 0) is 0 Å². The highest BCUT2D eigenvalue weighted by atomic mass is 79.9. The summed E-state index contributed by atoms with van der Waals surface area (Å²) in [5, 5.41) is 0. The normalized spacial score (nSPS) is 11.0. The lowest BCUT2D eigenvalue weighted by atomic mass is 10.0. The topological polar surface area (TPSA) is 12.9 Å². The highest BCUT2D eigenvalue weighted by Gasteiger charge is 2.01. The Kier molecular flexibility index (Phi) is 4.45. The molecule has 0 aliphatic rings. The molecule has 3 heteroatoms. The zero-order chi connectivity index (χ0) is 15.4. The highest BCUT2D eigenvalue weighted by Crippen LogP contribution is 2.22. The van der Waals surface area contributed by atoms with E-state index in [1.807, 2.05) is 54.6 Å². The molecule has 2 aromatic carbocycles. The van der Waals surface area contributed by atoms with Crippen molar-refractivity contribution in [2.75, 3.05) is 0 Å². The summed E-state index contributed by atoms with van der Waals surface area (Å²) in [5.41, 5.74) is 3.69. The van der Waals surface area contributed by atoms with Crippen LogP contribution < -0.4 is 0 Å². The van der Waals surface area contributed by atoms with Gasteiger partial charge in [-0.05, 0) is 64.7 Å². The molecule has 0 amide bonds. The third-order valence-corrected chi connectivity index (χ3v) is 3.80. The van der Waals surface area contributed by atoms with Gasteiger partial charge in [-0.3, -0.25) is 4.98 Å². The van der Waals surface area contributed by atoms with Gasteiger partial charge >= 0.3 is 0 Å². The van der Waals surface area contributed by atoms with Gasteiger partial charge in [-0.15, -0.1) is 0 Å². The maximum atomic E-state index is 13.8. The van der Waals surface area contributed by atoms with Crippen LogP contribution in [0.2, 0.25) is 0 Å². The van der Waals surface area contributed by atoms with Crippen molar-refractivity contribution in [1.82, 2.24) is 4.98 Å². The number of hydrogen-bond acceptors (Lipinski definition) is 1. The molecule has 1 aromatic heterocycles. The zero-order valence-corrected chi connectivity index (χ0v) is 13.3. The van der Waals surface area contributed by atoms with Crippen molar-refractivity contribution in [2.24, 2.45) is 0 Å². The van der Waals surface area contributed by atoms with E-state index in [1.54, 1.807) is 12.4 Å². The fraction of sp³-hybridized carbons (Fsp3) is 0. The second-order valence-corrected chi connectivity index (χ2v) is 5.81. The number of nitrogens with zero attached hydrogens (tertiary/aromatic N) is 1. The summed E-state index contributed by atoms with van der Waals surface area (Å²) in [6.07, 6.45) is 7.30. The van der Waals surface area contributed by atoms with Crippen molar-refractivity contribution in [3.63, 3.8) is 0 Å². The number of hydrogen-bond donors (Lipinski definition) is 0. The Morgan fingerprint density at radius 2 is 1.45 bits per heavy atom. The molecule has 0 fully saturated rings. The van der Waals surface area contributed by atoms with Crippen LogP contribution in [0.3, 0.4) is 0 Å². The van der Waals surface area contributed by atoms with Gasteiger partial charge in [0.2, 0.25) is 0 Å². The summed E-state index contributed by atoms with van der Waals surface area (Å²) in [6, 6.07) is 16.7. The predicted octanol–water partition coefficient (Wildman–Crippen LogP) is 5.82. The summed E-state index contributed by atoms with van der Waals surface area (Å²) in [4.78, 5) is 3.99. The lowest BCUT2D eigenvalue weighted by molar-refractivity contribution is 0.628. The Balaban J connectivity index is 1.91. The Morgan fingerprint density at radius 1 is 0.773 bits per heavy atom. The van der Waals surface area contributed by atoms with Crippen molar-refractivity contribution in [3.05, 3.63) is 88.4 Å². The molecule has 3 rings (SSSR count). The fourth-order valence-electron chi connectivity index (χ4n) is 2.19.